The third-order valence-corrected chi connectivity index (χ3v) is 4.46. The van der Waals surface area contributed by atoms with E-state index in [-0.39, 0.29) is 11.9 Å². The molecule has 0 saturated heterocycles. The molecule has 0 amide bonds. The molecule has 0 aromatic heterocycles. The molecule has 0 saturated carbocycles. The molecule has 2 aromatic rings. The zero-order chi connectivity index (χ0) is 15.7. The van der Waals surface area contributed by atoms with Gasteiger partial charge in [-0.3, -0.25) is 0 Å². The van der Waals surface area contributed by atoms with Crippen molar-refractivity contribution in [1.82, 2.24) is 5.32 Å². The smallest absolute Gasteiger partial charge is 0.161 e. The summed E-state index contributed by atoms with van der Waals surface area (Å²) < 4.78 is 25.9. The number of hydrogen-bond acceptors (Lipinski definition) is 3. The van der Waals surface area contributed by atoms with E-state index in [0.717, 1.165) is 28.6 Å². The Bertz CT molecular complexity index is 705. The van der Waals surface area contributed by atoms with Crippen LogP contribution in [0.25, 0.3) is 0 Å². The van der Waals surface area contributed by atoms with Crippen molar-refractivity contribution >= 4 is 15.9 Å². The van der Waals surface area contributed by atoms with Gasteiger partial charge in [-0.05, 0) is 47.9 Å². The van der Waals surface area contributed by atoms with Crippen LogP contribution in [0.4, 0.5) is 4.39 Å². The van der Waals surface area contributed by atoms with Crippen LogP contribution >= 0.6 is 15.9 Å². The molecule has 0 spiro atoms. The van der Waals surface area contributed by atoms with Gasteiger partial charge in [0.15, 0.2) is 11.5 Å². The molecule has 3 rings (SSSR count). The first kappa shape index (κ1) is 15.3. The fraction of sp³-hybridized carbons (Fsp3) is 0.294. The lowest BCUT2D eigenvalue weighted by Gasteiger charge is -2.29. The SMILES string of the molecule is COc1cc2c(cc1OC)[C@@H](c1cc(Br)ccc1F)NCC2. The van der Waals surface area contributed by atoms with E-state index in [2.05, 4.69) is 21.2 Å². The Kier molecular flexibility index (Phi) is 4.36. The van der Waals surface area contributed by atoms with E-state index in [4.69, 9.17) is 9.47 Å². The molecule has 1 aliphatic rings. The fourth-order valence-electron chi connectivity index (χ4n) is 2.90. The maximum Gasteiger partial charge on any atom is 0.161 e. The quantitative estimate of drug-likeness (QED) is 0.896. The largest absolute Gasteiger partial charge is 0.493 e. The molecule has 0 aliphatic carbocycles. The number of hydrogen-bond donors (Lipinski definition) is 1. The number of nitrogens with one attached hydrogen (secondary N) is 1. The Balaban J connectivity index is 2.13. The van der Waals surface area contributed by atoms with Crippen molar-refractivity contribution < 1.29 is 13.9 Å². The van der Waals surface area contributed by atoms with Crippen LogP contribution in [0.15, 0.2) is 34.8 Å². The van der Waals surface area contributed by atoms with E-state index in [1.807, 2.05) is 18.2 Å². The summed E-state index contributed by atoms with van der Waals surface area (Å²) in [4.78, 5) is 0. The van der Waals surface area contributed by atoms with Gasteiger partial charge in [-0.25, -0.2) is 4.39 Å². The molecule has 0 fully saturated rings. The zero-order valence-electron chi connectivity index (χ0n) is 12.5. The first-order chi connectivity index (χ1) is 10.6. The molecule has 116 valence electrons. The topological polar surface area (TPSA) is 30.5 Å². The molecule has 2 aromatic carbocycles. The fourth-order valence-corrected chi connectivity index (χ4v) is 3.28. The van der Waals surface area contributed by atoms with Gasteiger partial charge in [0, 0.05) is 16.6 Å². The van der Waals surface area contributed by atoms with Gasteiger partial charge in [-0.1, -0.05) is 15.9 Å². The maximum absolute atomic E-state index is 14.3. The van der Waals surface area contributed by atoms with Crippen molar-refractivity contribution in [2.24, 2.45) is 0 Å². The third-order valence-electron chi connectivity index (χ3n) is 3.97. The minimum atomic E-state index is -0.219. The summed E-state index contributed by atoms with van der Waals surface area (Å²) in [6, 6.07) is 8.73. The van der Waals surface area contributed by atoms with E-state index in [1.165, 1.54) is 6.07 Å². The summed E-state index contributed by atoms with van der Waals surface area (Å²) in [5.74, 6) is 1.14. The monoisotopic (exact) mass is 365 g/mol. The van der Waals surface area contributed by atoms with Gasteiger partial charge in [0.25, 0.3) is 0 Å². The highest BCUT2D eigenvalue weighted by atomic mass is 79.9. The Morgan fingerprint density at radius 1 is 1.09 bits per heavy atom. The highest BCUT2D eigenvalue weighted by Gasteiger charge is 2.26. The second-order valence-electron chi connectivity index (χ2n) is 5.21. The van der Waals surface area contributed by atoms with Crippen LogP contribution in [0.2, 0.25) is 0 Å². The van der Waals surface area contributed by atoms with Crippen LogP contribution in [-0.2, 0) is 6.42 Å². The average molecular weight is 366 g/mol. The lowest BCUT2D eigenvalue weighted by atomic mass is 9.89. The van der Waals surface area contributed by atoms with E-state index in [0.29, 0.717) is 17.1 Å². The zero-order valence-corrected chi connectivity index (χ0v) is 14.0. The van der Waals surface area contributed by atoms with E-state index >= 15 is 0 Å². The van der Waals surface area contributed by atoms with Crippen molar-refractivity contribution in [3.8, 4) is 11.5 Å². The van der Waals surface area contributed by atoms with Gasteiger partial charge < -0.3 is 14.8 Å². The van der Waals surface area contributed by atoms with Crippen LogP contribution in [0.1, 0.15) is 22.7 Å². The van der Waals surface area contributed by atoms with Crippen molar-refractivity contribution in [3.63, 3.8) is 0 Å². The average Bonchev–Trinajstić information content (AvgIpc) is 2.55. The van der Waals surface area contributed by atoms with Crippen molar-refractivity contribution in [3.05, 3.63) is 57.3 Å². The Morgan fingerprint density at radius 2 is 1.82 bits per heavy atom. The second kappa shape index (κ2) is 6.26. The molecule has 1 aliphatic heterocycles. The molecule has 3 nitrogen and oxygen atoms in total. The van der Waals surface area contributed by atoms with Gasteiger partial charge in [-0.2, -0.15) is 0 Å². The maximum atomic E-state index is 14.3. The summed E-state index contributed by atoms with van der Waals surface area (Å²) in [7, 11) is 3.23. The number of benzene rings is 2. The van der Waals surface area contributed by atoms with Crippen LogP contribution in [0, 0.1) is 5.82 Å². The Hall–Kier alpha value is -1.59. The van der Waals surface area contributed by atoms with E-state index in [1.54, 1.807) is 20.3 Å². The summed E-state index contributed by atoms with van der Waals surface area (Å²) in [5, 5.41) is 3.39. The number of methoxy groups -OCH3 is 2. The van der Waals surface area contributed by atoms with Gasteiger partial charge in [0.1, 0.15) is 5.82 Å². The number of ether oxygens (including phenoxy) is 2. The number of rotatable bonds is 3. The summed E-state index contributed by atoms with van der Waals surface area (Å²) >= 11 is 3.41. The van der Waals surface area contributed by atoms with Crippen molar-refractivity contribution in [2.75, 3.05) is 20.8 Å². The second-order valence-corrected chi connectivity index (χ2v) is 6.12. The minimum Gasteiger partial charge on any atom is -0.493 e. The normalized spacial score (nSPS) is 17.0. The van der Waals surface area contributed by atoms with Crippen molar-refractivity contribution in [1.29, 1.82) is 0 Å². The molecule has 0 bridgehead atoms. The van der Waals surface area contributed by atoms with Crippen LogP contribution in [0.3, 0.4) is 0 Å². The number of fused-ring (bicyclic) bond motifs is 1. The van der Waals surface area contributed by atoms with E-state index < -0.39 is 0 Å². The Morgan fingerprint density at radius 3 is 2.55 bits per heavy atom. The molecule has 0 unspecified atom stereocenters. The first-order valence-electron chi connectivity index (χ1n) is 7.07. The molecular weight excluding hydrogens is 349 g/mol. The highest BCUT2D eigenvalue weighted by Crippen LogP contribution is 2.38. The standard InChI is InChI=1S/C17H17BrFNO2/c1-21-15-7-10-5-6-20-17(12(10)9-16(15)22-2)13-8-11(18)3-4-14(13)19/h3-4,7-9,17,20H,5-6H2,1-2H3/t17-/m0/s1. The molecular formula is C17H17BrFNO2. The highest BCUT2D eigenvalue weighted by molar-refractivity contribution is 9.10. The van der Waals surface area contributed by atoms with Gasteiger partial charge in [0.2, 0.25) is 0 Å². The van der Waals surface area contributed by atoms with Gasteiger partial charge in [0.05, 0.1) is 20.3 Å². The predicted octanol–water partition coefficient (Wildman–Crippen LogP) is 3.84. The predicted molar refractivity (Wildman–Crippen MR) is 87.2 cm³/mol. The van der Waals surface area contributed by atoms with E-state index in [9.17, 15) is 4.39 Å². The molecule has 0 radical (unpaired) electrons. The Labute approximate surface area is 137 Å². The molecule has 1 atom stereocenters. The lowest BCUT2D eigenvalue weighted by molar-refractivity contribution is 0.352. The van der Waals surface area contributed by atoms with Crippen LogP contribution in [-0.4, -0.2) is 20.8 Å². The third kappa shape index (κ3) is 2.71. The first-order valence-corrected chi connectivity index (χ1v) is 7.86. The number of halogens is 2. The van der Waals surface area contributed by atoms with Crippen LogP contribution < -0.4 is 14.8 Å². The van der Waals surface area contributed by atoms with Gasteiger partial charge >= 0.3 is 0 Å². The summed E-state index contributed by atoms with van der Waals surface area (Å²) in [6.07, 6.45) is 0.877. The van der Waals surface area contributed by atoms with Crippen LogP contribution in [0.5, 0.6) is 11.5 Å². The molecule has 1 heterocycles. The molecule has 1 N–H and O–H groups in total. The minimum absolute atomic E-state index is 0.193. The van der Waals surface area contributed by atoms with Gasteiger partial charge in [-0.15, -0.1) is 0 Å². The summed E-state index contributed by atoms with van der Waals surface area (Å²) in [5.41, 5.74) is 2.81. The molecule has 22 heavy (non-hydrogen) atoms. The van der Waals surface area contributed by atoms with Crippen molar-refractivity contribution in [2.45, 2.75) is 12.5 Å². The summed E-state index contributed by atoms with van der Waals surface area (Å²) in [6.45, 7) is 0.791. The molecule has 5 heteroatoms. The lowest BCUT2D eigenvalue weighted by Crippen LogP contribution is -2.31.